The lowest BCUT2D eigenvalue weighted by Crippen LogP contribution is -2.03. The summed E-state index contributed by atoms with van der Waals surface area (Å²) in [5, 5.41) is 2.02. The van der Waals surface area contributed by atoms with Crippen molar-refractivity contribution >= 4 is 21.8 Å². The third-order valence-corrected chi connectivity index (χ3v) is 10.6. The minimum atomic E-state index is 0.503. The van der Waals surface area contributed by atoms with E-state index in [2.05, 4.69) is 61.3 Å². The molecule has 0 radical (unpaired) electrons. The highest BCUT2D eigenvalue weighted by Crippen LogP contribution is 2.39. The molecule has 0 aliphatic rings. The van der Waals surface area contributed by atoms with Gasteiger partial charge in [0, 0.05) is 77.5 Å². The summed E-state index contributed by atoms with van der Waals surface area (Å²) in [6.07, 6.45) is 7.23. The van der Waals surface area contributed by atoms with Crippen molar-refractivity contribution in [2.24, 2.45) is 0 Å². The molecule has 0 N–H and O–H groups in total. The molecule has 0 amide bonds. The summed E-state index contributed by atoms with van der Waals surface area (Å²) in [5.41, 5.74) is 10.3. The Hall–Kier alpha value is -7.52. The maximum absolute atomic E-state index is 6.45. The number of fused-ring (bicyclic) bond motifs is 3. The molecule has 58 heavy (non-hydrogen) atoms. The summed E-state index contributed by atoms with van der Waals surface area (Å²) in [6.45, 7) is 10.9. The van der Waals surface area contributed by atoms with Gasteiger partial charge in [-0.25, -0.2) is 19.9 Å². The molecule has 9 heteroatoms. The quantitative estimate of drug-likeness (QED) is 0.136. The minimum absolute atomic E-state index is 0.503. The fourth-order valence-corrected chi connectivity index (χ4v) is 7.35. The fourth-order valence-electron chi connectivity index (χ4n) is 7.35. The van der Waals surface area contributed by atoms with Crippen molar-refractivity contribution in [2.45, 2.75) is 34.6 Å². The van der Waals surface area contributed by atoms with Gasteiger partial charge in [-0.15, -0.1) is 0 Å². The van der Waals surface area contributed by atoms with E-state index in [-0.39, 0.29) is 0 Å². The van der Waals surface area contributed by atoms with Crippen LogP contribution in [-0.4, -0.2) is 24.5 Å². The Morgan fingerprint density at radius 1 is 0.397 bits per heavy atom. The average Bonchev–Trinajstić information content (AvgIpc) is 3.56. The molecular formula is C49H39N5O4. The van der Waals surface area contributed by atoms with E-state index in [1.165, 1.54) is 33.4 Å². The van der Waals surface area contributed by atoms with E-state index in [0.29, 0.717) is 52.2 Å². The smallest absolute Gasteiger partial charge is 0.234 e. The second-order valence-corrected chi connectivity index (χ2v) is 14.2. The van der Waals surface area contributed by atoms with Gasteiger partial charge in [-0.3, -0.25) is 4.57 Å². The number of aromatic nitrogens is 5. The molecule has 0 fully saturated rings. The Kier molecular flexibility index (Phi) is 9.47. The van der Waals surface area contributed by atoms with Gasteiger partial charge < -0.3 is 18.9 Å². The minimum Gasteiger partial charge on any atom is -0.457 e. The van der Waals surface area contributed by atoms with Gasteiger partial charge in [0.05, 0.1) is 11.0 Å². The van der Waals surface area contributed by atoms with E-state index in [1.807, 2.05) is 122 Å². The monoisotopic (exact) mass is 761 g/mol. The van der Waals surface area contributed by atoms with Crippen LogP contribution in [0.1, 0.15) is 27.8 Å². The summed E-state index contributed by atoms with van der Waals surface area (Å²) in [6, 6.07) is 38.2. The molecule has 0 bridgehead atoms. The molecule has 4 aromatic heterocycles. The summed E-state index contributed by atoms with van der Waals surface area (Å²) >= 11 is 0. The summed E-state index contributed by atoms with van der Waals surface area (Å²) in [4.78, 5) is 18.6. The van der Waals surface area contributed by atoms with Crippen molar-refractivity contribution in [1.82, 2.24) is 24.5 Å². The van der Waals surface area contributed by atoms with Crippen LogP contribution >= 0.6 is 0 Å². The van der Waals surface area contributed by atoms with Gasteiger partial charge >= 0.3 is 0 Å². The lowest BCUT2D eigenvalue weighted by Gasteiger charge is -2.18. The molecule has 0 aliphatic heterocycles. The van der Waals surface area contributed by atoms with E-state index in [4.69, 9.17) is 28.9 Å². The summed E-state index contributed by atoms with van der Waals surface area (Å²) in [7, 11) is 0. The average molecular weight is 762 g/mol. The first kappa shape index (κ1) is 36.1. The molecule has 9 aromatic rings. The van der Waals surface area contributed by atoms with Crippen LogP contribution in [0.2, 0.25) is 0 Å². The lowest BCUT2D eigenvalue weighted by atomic mass is 9.87. The SMILES string of the molecule is Cc1c(C)c(C)c(-c2cnc(-n3c4cc(Oc5cccc(Oc6ccccn6)c5)ccc4c4ccc(Oc5cccc(Oc6ccccn6)c5)cc43)nc2)c(C)c1C. The Morgan fingerprint density at radius 3 is 1.28 bits per heavy atom. The number of hydrogen-bond donors (Lipinski definition) is 0. The van der Waals surface area contributed by atoms with E-state index in [1.54, 1.807) is 12.4 Å². The van der Waals surface area contributed by atoms with Gasteiger partial charge in [-0.05, 0) is 129 Å². The zero-order valence-corrected chi connectivity index (χ0v) is 32.7. The van der Waals surface area contributed by atoms with Crippen molar-refractivity contribution in [3.63, 3.8) is 0 Å². The van der Waals surface area contributed by atoms with E-state index in [0.717, 1.165) is 27.4 Å². The van der Waals surface area contributed by atoms with Crippen LogP contribution < -0.4 is 18.9 Å². The standard InChI is InChI=1S/C49H39N5O4/c1-30-31(2)33(4)48(34(5)32(30)3)35-28-52-49(53-29-35)54-44-26-40(55-36-12-10-14-38(24-36)57-46-16-6-8-22-50-46)18-20-42(44)43-21-19-41(27-45(43)54)56-37-13-11-15-39(25-37)58-47-17-7-9-23-51-47/h6-29H,1-5H3. The lowest BCUT2D eigenvalue weighted by molar-refractivity contribution is 0.448. The number of hydrogen-bond acceptors (Lipinski definition) is 8. The van der Waals surface area contributed by atoms with Crippen molar-refractivity contribution in [1.29, 1.82) is 0 Å². The third-order valence-electron chi connectivity index (χ3n) is 10.6. The molecule has 284 valence electrons. The van der Waals surface area contributed by atoms with Gasteiger partial charge in [0.2, 0.25) is 17.7 Å². The maximum Gasteiger partial charge on any atom is 0.234 e. The first-order valence-corrected chi connectivity index (χ1v) is 19.0. The highest BCUT2D eigenvalue weighted by atomic mass is 16.5. The first-order chi connectivity index (χ1) is 28.3. The molecule has 0 saturated carbocycles. The number of rotatable bonds is 10. The third kappa shape index (κ3) is 7.05. The molecule has 0 saturated heterocycles. The largest absolute Gasteiger partial charge is 0.457 e. The zero-order chi connectivity index (χ0) is 39.8. The Balaban J connectivity index is 1.11. The highest BCUT2D eigenvalue weighted by Gasteiger charge is 2.19. The number of pyridine rings is 2. The van der Waals surface area contributed by atoms with Crippen LogP contribution in [0.15, 0.2) is 146 Å². The molecule has 4 heterocycles. The second-order valence-electron chi connectivity index (χ2n) is 14.2. The van der Waals surface area contributed by atoms with Crippen molar-refractivity contribution in [3.8, 4) is 63.3 Å². The van der Waals surface area contributed by atoms with Gasteiger partial charge in [0.25, 0.3) is 0 Å². The molecule has 5 aromatic carbocycles. The zero-order valence-electron chi connectivity index (χ0n) is 32.7. The molecule has 0 spiro atoms. The fraction of sp³-hybridized carbons (Fsp3) is 0.102. The van der Waals surface area contributed by atoms with Crippen LogP contribution in [0, 0.1) is 34.6 Å². The van der Waals surface area contributed by atoms with Crippen molar-refractivity contribution in [2.75, 3.05) is 0 Å². The van der Waals surface area contributed by atoms with Crippen molar-refractivity contribution in [3.05, 3.63) is 174 Å². The molecule has 9 rings (SSSR count). The predicted octanol–water partition coefficient (Wildman–Crippen LogP) is 12.7. The van der Waals surface area contributed by atoms with Crippen molar-refractivity contribution < 1.29 is 18.9 Å². The predicted molar refractivity (Wildman–Crippen MR) is 227 cm³/mol. The molecular weight excluding hydrogens is 723 g/mol. The van der Waals surface area contributed by atoms with Gasteiger partial charge in [0.1, 0.15) is 34.5 Å². The Labute approximate surface area is 336 Å². The topological polar surface area (TPSA) is 93.4 Å². The maximum atomic E-state index is 6.45. The van der Waals surface area contributed by atoms with Crippen LogP contribution in [0.5, 0.6) is 46.3 Å². The highest BCUT2D eigenvalue weighted by molar-refractivity contribution is 6.09. The Morgan fingerprint density at radius 2 is 0.828 bits per heavy atom. The number of ether oxygens (including phenoxy) is 4. The van der Waals surface area contributed by atoms with E-state index < -0.39 is 0 Å². The second kappa shape index (κ2) is 15.2. The van der Waals surface area contributed by atoms with Crippen LogP contribution in [0.4, 0.5) is 0 Å². The van der Waals surface area contributed by atoms with E-state index >= 15 is 0 Å². The van der Waals surface area contributed by atoms with Gasteiger partial charge in [-0.2, -0.15) is 0 Å². The number of nitrogens with zero attached hydrogens (tertiary/aromatic N) is 5. The number of benzene rings is 5. The Bertz CT molecular complexity index is 2770. The van der Waals surface area contributed by atoms with Gasteiger partial charge in [0.15, 0.2) is 0 Å². The normalized spacial score (nSPS) is 11.2. The van der Waals surface area contributed by atoms with Crippen LogP contribution in [-0.2, 0) is 0 Å². The summed E-state index contributed by atoms with van der Waals surface area (Å²) in [5.74, 6) is 5.28. The summed E-state index contributed by atoms with van der Waals surface area (Å²) < 4.78 is 26.9. The molecule has 0 unspecified atom stereocenters. The van der Waals surface area contributed by atoms with Crippen LogP contribution in [0.25, 0.3) is 38.9 Å². The van der Waals surface area contributed by atoms with Crippen LogP contribution in [0.3, 0.4) is 0 Å². The molecule has 0 aliphatic carbocycles. The first-order valence-electron chi connectivity index (χ1n) is 19.0. The molecule has 0 atom stereocenters. The molecule has 9 nitrogen and oxygen atoms in total. The van der Waals surface area contributed by atoms with Gasteiger partial charge in [-0.1, -0.05) is 24.3 Å². The van der Waals surface area contributed by atoms with E-state index in [9.17, 15) is 0 Å².